The minimum absolute atomic E-state index is 0.0602. The average molecular weight is 351 g/mol. The maximum Gasteiger partial charge on any atom is 0.422 e. The number of ether oxygens (including phenoxy) is 1. The summed E-state index contributed by atoms with van der Waals surface area (Å²) >= 11 is 0. The van der Waals surface area contributed by atoms with Crippen molar-refractivity contribution < 1.29 is 35.9 Å². The summed E-state index contributed by atoms with van der Waals surface area (Å²) in [6.07, 6.45) is -6.44. The first-order chi connectivity index (χ1) is 11.0. The molecular formula is C15H11F6NO2. The fourth-order valence-electron chi connectivity index (χ4n) is 2.01. The van der Waals surface area contributed by atoms with Crippen molar-refractivity contribution in [2.75, 3.05) is 6.61 Å². The maximum absolute atomic E-state index is 12.5. The number of hydrogen-bond donors (Lipinski definition) is 0. The molecular weight excluding hydrogens is 340 g/mol. The van der Waals surface area contributed by atoms with Crippen LogP contribution in [0.4, 0.5) is 26.3 Å². The second-order valence-corrected chi connectivity index (χ2v) is 5.10. The number of hydrogen-bond acceptors (Lipinski definition) is 3. The first-order valence-corrected chi connectivity index (χ1v) is 6.67. The quantitative estimate of drug-likeness (QED) is 0.768. The zero-order valence-electron chi connectivity index (χ0n) is 12.2. The van der Waals surface area contributed by atoms with Crippen LogP contribution in [0, 0.1) is 5.92 Å². The van der Waals surface area contributed by atoms with Crippen LogP contribution in [0.25, 0.3) is 5.57 Å². The Morgan fingerprint density at radius 2 is 1.79 bits per heavy atom. The van der Waals surface area contributed by atoms with Gasteiger partial charge in [-0.05, 0) is 23.8 Å². The zero-order chi connectivity index (χ0) is 18.1. The SMILES string of the molecule is CC1C(=O)C=C(OCC(F)(F)F)C=C1c1ccc(C(F)(F)F)cn1. The van der Waals surface area contributed by atoms with Gasteiger partial charge in [-0.25, -0.2) is 0 Å². The topological polar surface area (TPSA) is 39.2 Å². The van der Waals surface area contributed by atoms with E-state index in [1.165, 1.54) is 13.0 Å². The molecule has 0 spiro atoms. The van der Waals surface area contributed by atoms with Gasteiger partial charge in [0.1, 0.15) is 5.76 Å². The predicted octanol–water partition coefficient (Wildman–Crippen LogP) is 4.17. The van der Waals surface area contributed by atoms with E-state index in [2.05, 4.69) is 9.72 Å². The third-order valence-corrected chi connectivity index (χ3v) is 3.26. The molecule has 24 heavy (non-hydrogen) atoms. The number of pyridine rings is 1. The summed E-state index contributed by atoms with van der Waals surface area (Å²) in [5, 5.41) is 0. The van der Waals surface area contributed by atoms with Crippen molar-refractivity contribution >= 4 is 11.4 Å². The van der Waals surface area contributed by atoms with Gasteiger partial charge in [-0.1, -0.05) is 6.92 Å². The molecule has 1 aromatic heterocycles. The minimum Gasteiger partial charge on any atom is -0.484 e. The number of alkyl halides is 6. The van der Waals surface area contributed by atoms with Gasteiger partial charge in [0, 0.05) is 18.2 Å². The fourth-order valence-corrected chi connectivity index (χ4v) is 2.01. The van der Waals surface area contributed by atoms with Crippen molar-refractivity contribution in [1.82, 2.24) is 4.98 Å². The van der Waals surface area contributed by atoms with Crippen LogP contribution < -0.4 is 0 Å². The van der Waals surface area contributed by atoms with Gasteiger partial charge in [-0.15, -0.1) is 0 Å². The number of halogens is 6. The summed E-state index contributed by atoms with van der Waals surface area (Å²) in [6, 6.07) is 1.85. The summed E-state index contributed by atoms with van der Waals surface area (Å²) in [5.74, 6) is -1.59. The summed E-state index contributed by atoms with van der Waals surface area (Å²) in [4.78, 5) is 15.5. The van der Waals surface area contributed by atoms with Gasteiger partial charge in [0.2, 0.25) is 0 Å². The smallest absolute Gasteiger partial charge is 0.422 e. The molecule has 1 unspecified atom stereocenters. The van der Waals surface area contributed by atoms with Crippen LogP contribution in [-0.2, 0) is 15.7 Å². The summed E-state index contributed by atoms with van der Waals surface area (Å²) in [5.41, 5.74) is -0.718. The molecule has 0 saturated carbocycles. The van der Waals surface area contributed by atoms with Gasteiger partial charge >= 0.3 is 12.4 Å². The standard InChI is InChI=1S/C15H11F6NO2/c1-8-11(12-3-2-9(6-22-12)15(19,20)21)4-10(5-13(8)23)24-7-14(16,17)18/h2-6,8H,7H2,1H3. The Kier molecular flexibility index (Phi) is 4.73. The van der Waals surface area contributed by atoms with Gasteiger partial charge < -0.3 is 4.74 Å². The lowest BCUT2D eigenvalue weighted by Gasteiger charge is -2.20. The zero-order valence-corrected chi connectivity index (χ0v) is 12.2. The summed E-state index contributed by atoms with van der Waals surface area (Å²) < 4.78 is 78.7. The molecule has 1 aromatic rings. The highest BCUT2D eigenvalue weighted by Crippen LogP contribution is 2.32. The first-order valence-electron chi connectivity index (χ1n) is 6.67. The average Bonchev–Trinajstić information content (AvgIpc) is 2.47. The van der Waals surface area contributed by atoms with Crippen LogP contribution in [0.1, 0.15) is 18.2 Å². The van der Waals surface area contributed by atoms with E-state index < -0.39 is 36.2 Å². The van der Waals surface area contributed by atoms with Crippen LogP contribution in [0.2, 0.25) is 0 Å². The molecule has 0 N–H and O–H groups in total. The third kappa shape index (κ3) is 4.36. The lowest BCUT2D eigenvalue weighted by Crippen LogP contribution is -2.20. The lowest BCUT2D eigenvalue weighted by atomic mass is 9.89. The summed E-state index contributed by atoms with van der Waals surface area (Å²) in [6.45, 7) is -0.102. The Morgan fingerprint density at radius 3 is 2.29 bits per heavy atom. The lowest BCUT2D eigenvalue weighted by molar-refractivity contribution is -0.164. The molecule has 0 radical (unpaired) electrons. The van der Waals surface area contributed by atoms with E-state index >= 15 is 0 Å². The van der Waals surface area contributed by atoms with E-state index in [4.69, 9.17) is 0 Å². The van der Waals surface area contributed by atoms with Crippen molar-refractivity contribution in [1.29, 1.82) is 0 Å². The molecule has 1 aliphatic carbocycles. The van der Waals surface area contributed by atoms with Gasteiger partial charge in [-0.2, -0.15) is 26.3 Å². The Morgan fingerprint density at radius 1 is 1.12 bits per heavy atom. The van der Waals surface area contributed by atoms with E-state index in [1.807, 2.05) is 0 Å². The molecule has 0 bridgehead atoms. The number of nitrogens with zero attached hydrogens (tertiary/aromatic N) is 1. The monoisotopic (exact) mass is 351 g/mol. The highest BCUT2D eigenvalue weighted by Gasteiger charge is 2.32. The Hall–Kier alpha value is -2.32. The third-order valence-electron chi connectivity index (χ3n) is 3.26. The van der Waals surface area contributed by atoms with Crippen molar-refractivity contribution in [2.45, 2.75) is 19.3 Å². The number of ketones is 1. The highest BCUT2D eigenvalue weighted by atomic mass is 19.4. The number of rotatable bonds is 3. The van der Waals surface area contributed by atoms with E-state index in [0.29, 0.717) is 6.20 Å². The summed E-state index contributed by atoms with van der Waals surface area (Å²) in [7, 11) is 0. The Balaban J connectivity index is 2.28. The maximum atomic E-state index is 12.5. The number of carbonyl (C=O) groups is 1. The van der Waals surface area contributed by atoms with Crippen molar-refractivity contribution in [2.24, 2.45) is 5.92 Å². The van der Waals surface area contributed by atoms with Crippen molar-refractivity contribution in [3.63, 3.8) is 0 Å². The molecule has 0 fully saturated rings. The molecule has 0 aliphatic heterocycles. The van der Waals surface area contributed by atoms with Crippen LogP contribution >= 0.6 is 0 Å². The molecule has 0 amide bonds. The normalized spacial score (nSPS) is 19.0. The number of carbonyl (C=O) groups excluding carboxylic acids is 1. The largest absolute Gasteiger partial charge is 0.484 e. The predicted molar refractivity (Wildman–Crippen MR) is 71.5 cm³/mol. The Labute approximate surface area is 132 Å². The molecule has 1 heterocycles. The molecule has 130 valence electrons. The second kappa shape index (κ2) is 6.29. The van der Waals surface area contributed by atoms with Crippen LogP contribution in [0.5, 0.6) is 0 Å². The molecule has 2 rings (SSSR count). The molecule has 0 saturated heterocycles. The van der Waals surface area contributed by atoms with Crippen molar-refractivity contribution in [3.05, 3.63) is 47.5 Å². The second-order valence-electron chi connectivity index (χ2n) is 5.10. The molecule has 9 heteroatoms. The fraction of sp³-hybridized carbons (Fsp3) is 0.333. The van der Waals surface area contributed by atoms with Gasteiger partial charge in [-0.3, -0.25) is 9.78 Å². The van der Waals surface area contributed by atoms with E-state index in [-0.39, 0.29) is 17.0 Å². The molecule has 3 nitrogen and oxygen atoms in total. The van der Waals surface area contributed by atoms with Crippen molar-refractivity contribution in [3.8, 4) is 0 Å². The minimum atomic E-state index is -4.58. The number of aromatic nitrogens is 1. The van der Waals surface area contributed by atoms with Gasteiger partial charge in [0.05, 0.1) is 11.3 Å². The molecule has 1 atom stereocenters. The first kappa shape index (κ1) is 18.0. The molecule has 1 aliphatic rings. The number of allylic oxidation sites excluding steroid dienone is 3. The van der Waals surface area contributed by atoms with Gasteiger partial charge in [0.25, 0.3) is 0 Å². The molecule has 0 aromatic carbocycles. The van der Waals surface area contributed by atoms with Gasteiger partial charge in [0.15, 0.2) is 12.4 Å². The van der Waals surface area contributed by atoms with Crippen LogP contribution in [-0.4, -0.2) is 23.6 Å². The van der Waals surface area contributed by atoms with Crippen LogP contribution in [0.15, 0.2) is 36.2 Å². The highest BCUT2D eigenvalue weighted by molar-refractivity contribution is 6.02. The Bertz CT molecular complexity index is 685. The van der Waals surface area contributed by atoms with E-state index in [0.717, 1.165) is 18.2 Å². The van der Waals surface area contributed by atoms with E-state index in [9.17, 15) is 31.1 Å². The van der Waals surface area contributed by atoms with Crippen LogP contribution in [0.3, 0.4) is 0 Å². The van der Waals surface area contributed by atoms with E-state index in [1.54, 1.807) is 0 Å².